The molecule has 0 saturated carbocycles. The molecular formula is C15H12BrClN2S. The largest absolute Gasteiger partial charge is 0.353 e. The summed E-state index contributed by atoms with van der Waals surface area (Å²) in [5.41, 5.74) is 2.21. The fourth-order valence-electron chi connectivity index (χ4n) is 1.76. The number of hydrogen-bond acceptors (Lipinski definition) is 3. The molecule has 0 aliphatic heterocycles. The van der Waals surface area contributed by atoms with E-state index < -0.39 is 0 Å². The third-order valence-corrected chi connectivity index (χ3v) is 4.38. The van der Waals surface area contributed by atoms with Gasteiger partial charge in [0.25, 0.3) is 0 Å². The first kappa shape index (κ1) is 15.2. The van der Waals surface area contributed by atoms with Crippen LogP contribution >= 0.6 is 39.3 Å². The molecule has 1 N–H and O–H groups in total. The molecule has 0 radical (unpaired) electrons. The van der Waals surface area contributed by atoms with Crippen molar-refractivity contribution in [2.75, 3.05) is 11.1 Å². The Bertz CT molecular complexity index is 667. The minimum absolute atomic E-state index is 0.608. The van der Waals surface area contributed by atoms with Gasteiger partial charge in [0.1, 0.15) is 6.07 Å². The van der Waals surface area contributed by atoms with Gasteiger partial charge in [-0.3, -0.25) is 0 Å². The number of benzene rings is 2. The van der Waals surface area contributed by atoms with E-state index in [-0.39, 0.29) is 0 Å². The summed E-state index contributed by atoms with van der Waals surface area (Å²) in [5, 5.41) is 13.2. The lowest BCUT2D eigenvalue weighted by Gasteiger charge is -2.12. The van der Waals surface area contributed by atoms with Crippen molar-refractivity contribution in [2.45, 2.75) is 11.8 Å². The normalized spacial score (nSPS) is 10.1. The molecule has 2 aromatic rings. The molecule has 2 rings (SSSR count). The van der Waals surface area contributed by atoms with E-state index in [9.17, 15) is 5.26 Å². The Morgan fingerprint density at radius 2 is 2.10 bits per heavy atom. The van der Waals surface area contributed by atoms with E-state index >= 15 is 0 Å². The monoisotopic (exact) mass is 366 g/mol. The van der Waals surface area contributed by atoms with Crippen LogP contribution < -0.4 is 5.32 Å². The van der Waals surface area contributed by atoms with E-state index in [2.05, 4.69) is 34.2 Å². The number of thioether (sulfide) groups is 1. The van der Waals surface area contributed by atoms with Gasteiger partial charge < -0.3 is 5.32 Å². The number of nitrogens with zero attached hydrogens (tertiary/aromatic N) is 1. The second-order valence-corrected chi connectivity index (χ2v) is 6.60. The molecule has 0 bridgehead atoms. The first-order chi connectivity index (χ1) is 9.65. The van der Waals surface area contributed by atoms with E-state index in [0.717, 1.165) is 26.5 Å². The van der Waals surface area contributed by atoms with Crippen LogP contribution in [0.25, 0.3) is 0 Å². The molecule has 0 heterocycles. The summed E-state index contributed by atoms with van der Waals surface area (Å²) in [5.74, 6) is 0.928. The average Bonchev–Trinajstić information content (AvgIpc) is 2.42. The maximum atomic E-state index is 9.37. The predicted octanol–water partition coefficient (Wildman–Crippen LogP) is 5.83. The SMILES string of the molecule is CCSc1cccc(Nc2ccc(Br)cc2Cl)c1C#N. The molecule has 0 saturated heterocycles. The van der Waals surface area contributed by atoms with Gasteiger partial charge in [-0.15, -0.1) is 11.8 Å². The molecule has 0 aliphatic carbocycles. The van der Waals surface area contributed by atoms with Crippen molar-refractivity contribution in [1.82, 2.24) is 0 Å². The van der Waals surface area contributed by atoms with Crippen molar-refractivity contribution in [3.8, 4) is 6.07 Å². The fraction of sp³-hybridized carbons (Fsp3) is 0.133. The topological polar surface area (TPSA) is 35.8 Å². The van der Waals surface area contributed by atoms with E-state index in [1.54, 1.807) is 11.8 Å². The summed E-state index contributed by atoms with van der Waals surface area (Å²) in [6.07, 6.45) is 0. The highest BCUT2D eigenvalue weighted by Gasteiger charge is 2.09. The first-order valence-corrected chi connectivity index (χ1v) is 8.19. The molecule has 0 spiro atoms. The molecule has 2 nitrogen and oxygen atoms in total. The number of anilines is 2. The quantitative estimate of drug-likeness (QED) is 0.691. The van der Waals surface area contributed by atoms with Gasteiger partial charge in [-0.05, 0) is 36.1 Å². The summed E-state index contributed by atoms with van der Waals surface area (Å²) in [6, 6.07) is 13.7. The van der Waals surface area contributed by atoms with Crippen LogP contribution in [0.15, 0.2) is 45.8 Å². The third-order valence-electron chi connectivity index (χ3n) is 2.64. The molecule has 20 heavy (non-hydrogen) atoms. The molecule has 0 unspecified atom stereocenters. The number of nitriles is 1. The smallest absolute Gasteiger partial charge is 0.103 e. The van der Waals surface area contributed by atoms with Gasteiger partial charge in [-0.2, -0.15) is 5.26 Å². The first-order valence-electron chi connectivity index (χ1n) is 6.03. The molecule has 5 heteroatoms. The van der Waals surface area contributed by atoms with Crippen molar-refractivity contribution in [2.24, 2.45) is 0 Å². The lowest BCUT2D eigenvalue weighted by Crippen LogP contribution is -1.96. The Labute approximate surface area is 136 Å². The summed E-state index contributed by atoms with van der Waals surface area (Å²) < 4.78 is 0.920. The van der Waals surface area contributed by atoms with Gasteiger partial charge in [0.05, 0.1) is 22.0 Å². The molecule has 0 atom stereocenters. The highest BCUT2D eigenvalue weighted by Crippen LogP contribution is 2.33. The molecule has 0 fully saturated rings. The van der Waals surface area contributed by atoms with Gasteiger partial charge >= 0.3 is 0 Å². The Hall–Kier alpha value is -1.15. The maximum absolute atomic E-state index is 9.37. The van der Waals surface area contributed by atoms with Crippen molar-refractivity contribution < 1.29 is 0 Å². The van der Waals surface area contributed by atoms with E-state index in [1.807, 2.05) is 36.4 Å². The van der Waals surface area contributed by atoms with Crippen LogP contribution in [0.3, 0.4) is 0 Å². The van der Waals surface area contributed by atoms with Crippen LogP contribution in [0.5, 0.6) is 0 Å². The Morgan fingerprint density at radius 1 is 1.30 bits per heavy atom. The lowest BCUT2D eigenvalue weighted by atomic mass is 10.2. The van der Waals surface area contributed by atoms with Gasteiger partial charge in [0, 0.05) is 9.37 Å². The highest BCUT2D eigenvalue weighted by molar-refractivity contribution is 9.10. The van der Waals surface area contributed by atoms with Crippen molar-refractivity contribution in [1.29, 1.82) is 5.26 Å². The molecule has 0 amide bonds. The van der Waals surface area contributed by atoms with Gasteiger partial charge in [-0.25, -0.2) is 0 Å². The zero-order chi connectivity index (χ0) is 14.5. The Kier molecular flexibility index (Phi) is 5.36. The van der Waals surface area contributed by atoms with Gasteiger partial charge in [-0.1, -0.05) is 40.5 Å². The standard InChI is InChI=1S/C15H12BrClN2S/c1-2-20-15-5-3-4-13(11(15)9-18)19-14-7-6-10(16)8-12(14)17/h3-8,19H,2H2,1H3. The van der Waals surface area contributed by atoms with E-state index in [1.165, 1.54) is 0 Å². The number of halogens is 2. The van der Waals surface area contributed by atoms with Crippen LogP contribution in [0.4, 0.5) is 11.4 Å². The van der Waals surface area contributed by atoms with Crippen molar-refractivity contribution in [3.05, 3.63) is 51.5 Å². The van der Waals surface area contributed by atoms with Gasteiger partial charge in [0.2, 0.25) is 0 Å². The molecule has 0 aliphatic rings. The average molecular weight is 368 g/mol. The summed E-state index contributed by atoms with van der Waals surface area (Å²) in [7, 11) is 0. The van der Waals surface area contributed by atoms with Crippen molar-refractivity contribution >= 4 is 50.7 Å². The van der Waals surface area contributed by atoms with E-state index in [4.69, 9.17) is 11.6 Å². The predicted molar refractivity (Wildman–Crippen MR) is 90.0 cm³/mol. The highest BCUT2D eigenvalue weighted by atomic mass is 79.9. The van der Waals surface area contributed by atoms with Crippen molar-refractivity contribution in [3.63, 3.8) is 0 Å². The lowest BCUT2D eigenvalue weighted by molar-refractivity contribution is 1.34. The minimum Gasteiger partial charge on any atom is -0.353 e. The summed E-state index contributed by atoms with van der Waals surface area (Å²) in [6.45, 7) is 2.07. The summed E-state index contributed by atoms with van der Waals surface area (Å²) >= 11 is 11.2. The third kappa shape index (κ3) is 3.49. The van der Waals surface area contributed by atoms with E-state index in [0.29, 0.717) is 10.6 Å². The second kappa shape index (κ2) is 7.03. The number of nitrogens with one attached hydrogen (secondary N) is 1. The van der Waals surface area contributed by atoms with Crippen LogP contribution in [-0.2, 0) is 0 Å². The number of rotatable bonds is 4. The molecule has 2 aromatic carbocycles. The van der Waals surface area contributed by atoms with Crippen LogP contribution in [0.1, 0.15) is 12.5 Å². The van der Waals surface area contributed by atoms with Crippen LogP contribution in [-0.4, -0.2) is 5.75 Å². The maximum Gasteiger partial charge on any atom is 0.103 e. The summed E-state index contributed by atoms with van der Waals surface area (Å²) in [4.78, 5) is 0.980. The molecule has 102 valence electrons. The molecular weight excluding hydrogens is 356 g/mol. The van der Waals surface area contributed by atoms with Crippen LogP contribution in [0.2, 0.25) is 5.02 Å². The zero-order valence-electron chi connectivity index (χ0n) is 10.8. The minimum atomic E-state index is 0.608. The van der Waals surface area contributed by atoms with Gasteiger partial charge in [0.15, 0.2) is 0 Å². The number of hydrogen-bond donors (Lipinski definition) is 1. The Balaban J connectivity index is 2.38. The second-order valence-electron chi connectivity index (χ2n) is 3.97. The van der Waals surface area contributed by atoms with Crippen LogP contribution in [0, 0.1) is 11.3 Å². The zero-order valence-corrected chi connectivity index (χ0v) is 13.9. The Morgan fingerprint density at radius 3 is 2.75 bits per heavy atom. The molecule has 0 aromatic heterocycles. The fourth-order valence-corrected chi connectivity index (χ4v) is 3.27.